The maximum Gasteiger partial charge on any atom is 0.433 e. The molecule has 0 bridgehead atoms. The average molecular weight is 312 g/mol. The van der Waals surface area contributed by atoms with Crippen molar-refractivity contribution < 1.29 is 17.9 Å². The number of anilines is 1. The van der Waals surface area contributed by atoms with Crippen molar-refractivity contribution in [3.63, 3.8) is 0 Å². The lowest BCUT2D eigenvalue weighted by Crippen LogP contribution is -2.12. The molecule has 0 atom stereocenters. The number of ether oxygens (including phenoxy) is 1. The highest BCUT2D eigenvalue weighted by molar-refractivity contribution is 5.42. The number of alkyl halides is 3. The molecule has 0 spiro atoms. The topological polar surface area (TPSA) is 59.9 Å². The number of halogens is 3. The quantitative estimate of drug-likeness (QED) is 0.940. The summed E-state index contributed by atoms with van der Waals surface area (Å²) in [5.74, 6) is 0.604. The Hall–Kier alpha value is -2.38. The molecule has 5 nitrogen and oxygen atoms in total. The normalized spacial score (nSPS) is 11.4. The lowest BCUT2D eigenvalue weighted by Gasteiger charge is -2.13. The molecule has 0 aliphatic heterocycles. The number of nitrogens with one attached hydrogen (secondary N) is 1. The van der Waals surface area contributed by atoms with Crippen LogP contribution in [0.3, 0.4) is 0 Å². The molecule has 22 heavy (non-hydrogen) atoms. The number of pyridine rings is 1. The van der Waals surface area contributed by atoms with Crippen LogP contribution >= 0.6 is 0 Å². The largest absolute Gasteiger partial charge is 0.496 e. The monoisotopic (exact) mass is 312 g/mol. The van der Waals surface area contributed by atoms with E-state index in [1.54, 1.807) is 13.3 Å². The van der Waals surface area contributed by atoms with Gasteiger partial charge in [-0.3, -0.25) is 4.98 Å². The van der Waals surface area contributed by atoms with E-state index in [0.717, 1.165) is 23.4 Å². The molecular formula is C14H15F3N4O. The van der Waals surface area contributed by atoms with Gasteiger partial charge in [-0.05, 0) is 19.9 Å². The van der Waals surface area contributed by atoms with Crippen molar-refractivity contribution in [1.29, 1.82) is 0 Å². The van der Waals surface area contributed by atoms with Gasteiger partial charge in [0, 0.05) is 23.5 Å². The first-order valence-corrected chi connectivity index (χ1v) is 6.46. The van der Waals surface area contributed by atoms with Crippen LogP contribution in [0.15, 0.2) is 18.5 Å². The van der Waals surface area contributed by atoms with Crippen LogP contribution in [0.2, 0.25) is 0 Å². The Morgan fingerprint density at radius 1 is 1.23 bits per heavy atom. The zero-order valence-corrected chi connectivity index (χ0v) is 12.3. The maximum absolute atomic E-state index is 12.6. The number of hydrogen-bond acceptors (Lipinski definition) is 5. The van der Waals surface area contributed by atoms with Crippen LogP contribution in [0.5, 0.6) is 5.75 Å². The molecule has 2 rings (SSSR count). The van der Waals surface area contributed by atoms with Gasteiger partial charge in [0.25, 0.3) is 0 Å². The summed E-state index contributed by atoms with van der Waals surface area (Å²) >= 11 is 0. The molecule has 2 aromatic heterocycles. The van der Waals surface area contributed by atoms with Crippen molar-refractivity contribution in [2.75, 3.05) is 12.4 Å². The second-order valence-electron chi connectivity index (χ2n) is 4.66. The number of aromatic nitrogens is 3. The van der Waals surface area contributed by atoms with E-state index in [1.165, 1.54) is 0 Å². The van der Waals surface area contributed by atoms with E-state index >= 15 is 0 Å². The van der Waals surface area contributed by atoms with Gasteiger partial charge >= 0.3 is 6.18 Å². The number of nitrogens with zero attached hydrogens (tertiary/aromatic N) is 3. The summed E-state index contributed by atoms with van der Waals surface area (Å²) in [6.45, 7) is 3.90. The third-order valence-corrected chi connectivity index (χ3v) is 3.11. The van der Waals surface area contributed by atoms with Crippen LogP contribution in [0.25, 0.3) is 0 Å². The van der Waals surface area contributed by atoms with Crippen molar-refractivity contribution in [2.24, 2.45) is 0 Å². The lowest BCUT2D eigenvalue weighted by atomic mass is 10.1. The standard InChI is InChI=1S/C14H15F3N4O/c1-8-6-19-10(9(2)12(8)22-3)7-20-13-18-5-4-11(21-13)14(15,16)17/h4-6H,7H2,1-3H3,(H,18,20,21). The fourth-order valence-corrected chi connectivity index (χ4v) is 2.01. The SMILES string of the molecule is COc1c(C)cnc(CNc2nccc(C(F)(F)F)n2)c1C. The van der Waals surface area contributed by atoms with Crippen molar-refractivity contribution in [3.8, 4) is 5.75 Å². The van der Waals surface area contributed by atoms with Crippen molar-refractivity contribution in [3.05, 3.63) is 41.0 Å². The highest BCUT2D eigenvalue weighted by atomic mass is 19.4. The van der Waals surface area contributed by atoms with Gasteiger partial charge in [0.1, 0.15) is 11.4 Å². The van der Waals surface area contributed by atoms with Gasteiger partial charge in [-0.15, -0.1) is 0 Å². The Morgan fingerprint density at radius 3 is 2.59 bits per heavy atom. The predicted molar refractivity (Wildman–Crippen MR) is 74.6 cm³/mol. The van der Waals surface area contributed by atoms with Gasteiger partial charge in [0.2, 0.25) is 5.95 Å². The molecule has 8 heteroatoms. The second kappa shape index (κ2) is 6.17. The molecule has 0 aromatic carbocycles. The van der Waals surface area contributed by atoms with Gasteiger partial charge in [0.15, 0.2) is 0 Å². The fraction of sp³-hybridized carbons (Fsp3) is 0.357. The predicted octanol–water partition coefficient (Wildman–Crippen LogP) is 3.13. The molecule has 0 saturated carbocycles. The van der Waals surface area contributed by atoms with Crippen LogP contribution in [0.1, 0.15) is 22.5 Å². The van der Waals surface area contributed by atoms with Crippen LogP contribution in [0, 0.1) is 13.8 Å². The minimum absolute atomic E-state index is 0.101. The highest BCUT2D eigenvalue weighted by Gasteiger charge is 2.32. The van der Waals surface area contributed by atoms with Crippen LogP contribution in [-0.2, 0) is 12.7 Å². The summed E-state index contributed by atoms with van der Waals surface area (Å²) in [7, 11) is 1.56. The molecule has 118 valence electrons. The van der Waals surface area contributed by atoms with Gasteiger partial charge in [0.05, 0.1) is 19.3 Å². The molecule has 0 aliphatic carbocycles. The summed E-state index contributed by atoms with van der Waals surface area (Å²) in [5.41, 5.74) is 1.38. The molecule has 0 aliphatic rings. The number of rotatable bonds is 4. The van der Waals surface area contributed by atoms with E-state index in [-0.39, 0.29) is 12.5 Å². The minimum atomic E-state index is -4.50. The summed E-state index contributed by atoms with van der Waals surface area (Å²) in [4.78, 5) is 11.5. The number of aryl methyl sites for hydroxylation is 1. The first-order chi connectivity index (χ1) is 10.3. The Kier molecular flexibility index (Phi) is 4.48. The van der Waals surface area contributed by atoms with E-state index < -0.39 is 11.9 Å². The zero-order valence-electron chi connectivity index (χ0n) is 12.3. The van der Waals surface area contributed by atoms with E-state index in [1.807, 2.05) is 13.8 Å². The van der Waals surface area contributed by atoms with Crippen molar-refractivity contribution in [1.82, 2.24) is 15.0 Å². The average Bonchev–Trinajstić information content (AvgIpc) is 2.46. The Morgan fingerprint density at radius 2 is 1.95 bits per heavy atom. The maximum atomic E-state index is 12.6. The van der Waals surface area contributed by atoms with Crippen molar-refractivity contribution >= 4 is 5.95 Å². The summed E-state index contributed by atoms with van der Waals surface area (Å²) in [5, 5.41) is 2.74. The first-order valence-electron chi connectivity index (χ1n) is 6.46. The molecule has 2 aromatic rings. The number of hydrogen-bond donors (Lipinski definition) is 1. The van der Waals surface area contributed by atoms with E-state index in [9.17, 15) is 13.2 Å². The van der Waals surface area contributed by atoms with Crippen LogP contribution in [-0.4, -0.2) is 22.1 Å². The van der Waals surface area contributed by atoms with E-state index in [2.05, 4.69) is 20.3 Å². The van der Waals surface area contributed by atoms with Crippen LogP contribution in [0.4, 0.5) is 19.1 Å². The van der Waals surface area contributed by atoms with Gasteiger partial charge < -0.3 is 10.1 Å². The van der Waals surface area contributed by atoms with Crippen LogP contribution < -0.4 is 10.1 Å². The van der Waals surface area contributed by atoms with Crippen molar-refractivity contribution in [2.45, 2.75) is 26.6 Å². The lowest BCUT2D eigenvalue weighted by molar-refractivity contribution is -0.141. The van der Waals surface area contributed by atoms with Gasteiger partial charge in [-0.25, -0.2) is 9.97 Å². The molecule has 2 heterocycles. The van der Waals surface area contributed by atoms with Gasteiger partial charge in [-0.2, -0.15) is 13.2 Å². The molecule has 0 fully saturated rings. The number of methoxy groups -OCH3 is 1. The van der Waals surface area contributed by atoms with Gasteiger partial charge in [-0.1, -0.05) is 0 Å². The molecule has 0 unspecified atom stereocenters. The summed E-state index contributed by atoms with van der Waals surface area (Å²) in [6, 6.07) is 0.823. The summed E-state index contributed by atoms with van der Waals surface area (Å²) in [6.07, 6.45) is -1.79. The molecule has 0 saturated heterocycles. The molecule has 1 N–H and O–H groups in total. The first kappa shape index (κ1) is 16.0. The second-order valence-corrected chi connectivity index (χ2v) is 4.66. The zero-order chi connectivity index (χ0) is 16.3. The Labute approximate surface area is 125 Å². The third-order valence-electron chi connectivity index (χ3n) is 3.11. The Balaban J connectivity index is 2.17. The minimum Gasteiger partial charge on any atom is -0.496 e. The highest BCUT2D eigenvalue weighted by Crippen LogP contribution is 2.28. The Bertz CT molecular complexity index is 674. The van der Waals surface area contributed by atoms with E-state index in [4.69, 9.17) is 4.74 Å². The van der Waals surface area contributed by atoms with E-state index in [0.29, 0.717) is 11.4 Å². The molecule has 0 radical (unpaired) electrons. The molecule has 0 amide bonds. The smallest absolute Gasteiger partial charge is 0.433 e. The fourth-order valence-electron chi connectivity index (χ4n) is 2.01. The summed E-state index contributed by atoms with van der Waals surface area (Å²) < 4.78 is 43.1. The molecular weight excluding hydrogens is 297 g/mol. The third kappa shape index (κ3) is 3.44.